The molecule has 0 aromatic carbocycles. The number of amides is 1. The number of hydrogen-bond acceptors (Lipinski definition) is 8. The van der Waals surface area contributed by atoms with Gasteiger partial charge in [0.1, 0.15) is 12.4 Å². The van der Waals surface area contributed by atoms with Crippen LogP contribution in [0.25, 0.3) is 16.8 Å². The molecule has 2 atom stereocenters. The van der Waals surface area contributed by atoms with Gasteiger partial charge in [-0.15, -0.1) is 0 Å². The number of carbonyl (C=O) groups is 2. The number of nitrogen functional groups attached to an aromatic ring is 1. The quantitative estimate of drug-likeness (QED) is 0.456. The molecule has 1 aliphatic rings. The predicted octanol–water partition coefficient (Wildman–Crippen LogP) is 1.24. The summed E-state index contributed by atoms with van der Waals surface area (Å²) in [4.78, 5) is 31.2. The zero-order valence-electron chi connectivity index (χ0n) is 19.9. The summed E-state index contributed by atoms with van der Waals surface area (Å²) in [5, 5.41) is 28.1. The van der Waals surface area contributed by atoms with Gasteiger partial charge in [-0.3, -0.25) is 14.3 Å². The Kier molecular flexibility index (Phi) is 6.17. The van der Waals surface area contributed by atoms with Crippen LogP contribution in [0.3, 0.4) is 0 Å². The number of aliphatic hydroxyl groups is 2. The maximum absolute atomic E-state index is 12.6. The van der Waals surface area contributed by atoms with E-state index >= 15 is 0 Å². The van der Waals surface area contributed by atoms with Gasteiger partial charge in [0, 0.05) is 35.8 Å². The Hall–Kier alpha value is -3.31. The molecule has 0 saturated carbocycles. The molecular weight excluding hydrogens is 438 g/mol. The number of likely N-dealkylation sites (tertiary alicyclic amines) is 1. The van der Waals surface area contributed by atoms with Gasteiger partial charge in [0.2, 0.25) is 5.91 Å². The number of Topliss-reactive ketones (excluding diaryl/α,β-unsaturated/α-hetero) is 1. The Balaban J connectivity index is 1.77. The first kappa shape index (κ1) is 23.8. The first-order chi connectivity index (χ1) is 16.0. The molecule has 182 valence electrons. The van der Waals surface area contributed by atoms with Crippen molar-refractivity contribution in [3.8, 4) is 11.1 Å². The van der Waals surface area contributed by atoms with Gasteiger partial charge >= 0.3 is 0 Å². The van der Waals surface area contributed by atoms with Crippen molar-refractivity contribution in [3.05, 3.63) is 29.8 Å². The van der Waals surface area contributed by atoms with Crippen LogP contribution in [0.2, 0.25) is 0 Å². The van der Waals surface area contributed by atoms with E-state index in [-0.39, 0.29) is 29.5 Å². The molecule has 1 aliphatic heterocycles. The summed E-state index contributed by atoms with van der Waals surface area (Å²) in [6.45, 7) is 7.07. The Labute approximate surface area is 197 Å². The van der Waals surface area contributed by atoms with E-state index in [1.807, 2.05) is 13.1 Å². The zero-order valence-corrected chi connectivity index (χ0v) is 19.9. The molecule has 4 rings (SSSR count). The number of aliphatic hydroxyl groups excluding tert-OH is 1. The van der Waals surface area contributed by atoms with Gasteiger partial charge in [0.05, 0.1) is 35.8 Å². The number of aromatic nitrogens is 5. The lowest BCUT2D eigenvalue weighted by molar-refractivity contribution is -0.137. The second kappa shape index (κ2) is 8.80. The summed E-state index contributed by atoms with van der Waals surface area (Å²) in [6.07, 6.45) is 6.34. The maximum Gasteiger partial charge on any atom is 0.248 e. The summed E-state index contributed by atoms with van der Waals surface area (Å²) < 4.78 is 3.12. The number of carbonyl (C=O) groups excluding carboxylic acids is 2. The van der Waals surface area contributed by atoms with Crippen molar-refractivity contribution in [1.29, 1.82) is 0 Å². The average Bonchev–Trinajstić information content (AvgIpc) is 3.38. The van der Waals surface area contributed by atoms with Gasteiger partial charge in [0.15, 0.2) is 11.4 Å². The van der Waals surface area contributed by atoms with E-state index in [1.165, 1.54) is 11.4 Å². The minimum absolute atomic E-state index is 0.0791. The van der Waals surface area contributed by atoms with Crippen LogP contribution in [-0.2, 0) is 11.3 Å². The molecule has 0 unspecified atom stereocenters. The van der Waals surface area contributed by atoms with Crippen LogP contribution in [0.5, 0.6) is 0 Å². The van der Waals surface area contributed by atoms with E-state index in [4.69, 9.17) is 10.7 Å². The topological polar surface area (TPSA) is 152 Å². The Morgan fingerprint density at radius 3 is 2.62 bits per heavy atom. The highest BCUT2D eigenvalue weighted by molar-refractivity contribution is 6.00. The molecule has 0 spiro atoms. The zero-order chi connectivity index (χ0) is 24.8. The predicted molar refractivity (Wildman–Crippen MR) is 125 cm³/mol. The van der Waals surface area contributed by atoms with Crippen molar-refractivity contribution in [2.45, 2.75) is 64.6 Å². The Morgan fingerprint density at radius 1 is 1.26 bits per heavy atom. The highest BCUT2D eigenvalue weighted by Crippen LogP contribution is 2.36. The Morgan fingerprint density at radius 2 is 2.00 bits per heavy atom. The fraction of sp³-hybridized carbons (Fsp3) is 0.522. The number of ketones is 1. The summed E-state index contributed by atoms with van der Waals surface area (Å²) in [5.74, 6) is -0.353. The molecule has 4 N–H and O–H groups in total. The van der Waals surface area contributed by atoms with Crippen LogP contribution in [0, 0.1) is 0 Å². The lowest BCUT2D eigenvalue weighted by Crippen LogP contribution is -2.45. The lowest BCUT2D eigenvalue weighted by Gasteiger charge is -2.37. The number of rotatable bonds is 6. The normalized spacial score (nSPS) is 19.1. The van der Waals surface area contributed by atoms with Crippen molar-refractivity contribution in [2.75, 3.05) is 18.9 Å². The molecule has 0 aliphatic carbocycles. The van der Waals surface area contributed by atoms with Crippen LogP contribution >= 0.6 is 0 Å². The minimum Gasteiger partial charge on any atom is -0.389 e. The van der Waals surface area contributed by atoms with Crippen molar-refractivity contribution < 1.29 is 19.8 Å². The lowest BCUT2D eigenvalue weighted by atomic mass is 9.86. The van der Waals surface area contributed by atoms with Gasteiger partial charge < -0.3 is 20.8 Å². The summed E-state index contributed by atoms with van der Waals surface area (Å²) in [7, 11) is 0. The van der Waals surface area contributed by atoms with E-state index in [2.05, 4.69) is 10.2 Å². The standard InChI is InChI=1S/C23H31N7O4/c1-13-7-15(5-6-29(13)18(33)11-31)20-19(14(2)32)21(24)30-22(27-20)17(9-26-30)16-8-25-28(10-16)12-23(3,4)34/h8-10,13,15,31,34H,5-7,11-12,24H2,1-4H3/t13-,15+/m0/s1. The third-order valence-corrected chi connectivity index (χ3v) is 6.27. The third-order valence-electron chi connectivity index (χ3n) is 6.27. The number of nitrogens with zero attached hydrogens (tertiary/aromatic N) is 6. The molecule has 1 fully saturated rings. The minimum atomic E-state index is -0.917. The van der Waals surface area contributed by atoms with Crippen LogP contribution in [-0.4, -0.2) is 76.0 Å². The van der Waals surface area contributed by atoms with Crippen molar-refractivity contribution in [2.24, 2.45) is 0 Å². The molecular formula is C23H31N7O4. The van der Waals surface area contributed by atoms with Crippen LogP contribution in [0.4, 0.5) is 5.82 Å². The summed E-state index contributed by atoms with van der Waals surface area (Å²) in [6, 6.07) is -0.109. The van der Waals surface area contributed by atoms with E-state index in [9.17, 15) is 19.8 Å². The number of piperidine rings is 1. The van der Waals surface area contributed by atoms with Gasteiger partial charge in [-0.25, -0.2) is 4.98 Å². The number of hydrogen-bond donors (Lipinski definition) is 3. The SMILES string of the molecule is CC(=O)c1c([C@@H]2CCN(C(=O)CO)[C@@H](C)C2)nc2c(-c3cnn(CC(C)(C)O)c3)cnn2c1N. The number of fused-ring (bicyclic) bond motifs is 1. The molecule has 34 heavy (non-hydrogen) atoms. The number of nitrogens with two attached hydrogens (primary N) is 1. The second-order valence-corrected chi connectivity index (χ2v) is 9.66. The molecule has 11 nitrogen and oxygen atoms in total. The molecule has 3 aromatic rings. The van der Waals surface area contributed by atoms with Crippen molar-refractivity contribution in [3.63, 3.8) is 0 Å². The van der Waals surface area contributed by atoms with Gasteiger partial charge in [-0.05, 0) is 40.5 Å². The smallest absolute Gasteiger partial charge is 0.248 e. The van der Waals surface area contributed by atoms with Crippen molar-refractivity contribution >= 4 is 23.2 Å². The number of anilines is 1. The highest BCUT2D eigenvalue weighted by Gasteiger charge is 2.33. The molecule has 4 heterocycles. The molecule has 0 radical (unpaired) electrons. The van der Waals surface area contributed by atoms with Crippen LogP contribution in [0.15, 0.2) is 18.6 Å². The van der Waals surface area contributed by atoms with Gasteiger partial charge in [0.25, 0.3) is 0 Å². The first-order valence-electron chi connectivity index (χ1n) is 11.3. The maximum atomic E-state index is 12.6. The molecule has 1 saturated heterocycles. The fourth-order valence-corrected chi connectivity index (χ4v) is 4.76. The Bertz CT molecular complexity index is 1240. The van der Waals surface area contributed by atoms with Crippen LogP contribution < -0.4 is 5.73 Å². The van der Waals surface area contributed by atoms with E-state index < -0.39 is 12.2 Å². The van der Waals surface area contributed by atoms with E-state index in [0.29, 0.717) is 48.4 Å². The molecule has 3 aromatic heterocycles. The second-order valence-electron chi connectivity index (χ2n) is 9.66. The summed E-state index contributed by atoms with van der Waals surface area (Å²) >= 11 is 0. The van der Waals surface area contributed by atoms with E-state index in [0.717, 1.165) is 5.56 Å². The van der Waals surface area contributed by atoms with Crippen LogP contribution in [0.1, 0.15) is 62.5 Å². The molecule has 11 heteroatoms. The first-order valence-corrected chi connectivity index (χ1v) is 11.3. The third kappa shape index (κ3) is 4.40. The van der Waals surface area contributed by atoms with Crippen molar-refractivity contribution in [1.82, 2.24) is 29.3 Å². The van der Waals surface area contributed by atoms with Gasteiger partial charge in [-0.2, -0.15) is 14.7 Å². The van der Waals surface area contributed by atoms with Gasteiger partial charge in [-0.1, -0.05) is 0 Å². The fourth-order valence-electron chi connectivity index (χ4n) is 4.76. The highest BCUT2D eigenvalue weighted by atomic mass is 16.3. The summed E-state index contributed by atoms with van der Waals surface area (Å²) in [5.41, 5.74) is 8.46. The monoisotopic (exact) mass is 469 g/mol. The largest absolute Gasteiger partial charge is 0.389 e. The molecule has 1 amide bonds. The average molecular weight is 470 g/mol. The van der Waals surface area contributed by atoms with E-state index in [1.54, 1.807) is 35.8 Å². The molecule has 0 bridgehead atoms.